The van der Waals surface area contributed by atoms with E-state index in [0.29, 0.717) is 28.5 Å². The molecule has 3 nitrogen and oxygen atoms in total. The van der Waals surface area contributed by atoms with Crippen LogP contribution in [0.5, 0.6) is 5.75 Å². The Morgan fingerprint density at radius 3 is 2.62 bits per heavy atom. The van der Waals surface area contributed by atoms with Gasteiger partial charge in [-0.15, -0.1) is 11.6 Å². The molecule has 1 aromatic rings. The molecule has 1 aliphatic heterocycles. The van der Waals surface area contributed by atoms with Crippen molar-refractivity contribution in [1.29, 1.82) is 0 Å². The van der Waals surface area contributed by atoms with Crippen LogP contribution in [0.1, 0.15) is 37.3 Å². The topological polar surface area (TPSA) is 35.5 Å². The van der Waals surface area contributed by atoms with Crippen molar-refractivity contribution < 1.29 is 27.4 Å². The van der Waals surface area contributed by atoms with Crippen LogP contribution in [0.2, 0.25) is 5.02 Å². The molecule has 0 spiro atoms. The van der Waals surface area contributed by atoms with Gasteiger partial charge < -0.3 is 9.47 Å². The van der Waals surface area contributed by atoms with E-state index < -0.39 is 23.8 Å². The lowest BCUT2D eigenvalue weighted by atomic mass is 9.96. The van der Waals surface area contributed by atoms with Crippen molar-refractivity contribution in [1.82, 2.24) is 0 Å². The smallest absolute Gasteiger partial charge is 0.430 e. The van der Waals surface area contributed by atoms with E-state index in [-0.39, 0.29) is 12.4 Å². The molecule has 0 amide bonds. The molecule has 0 aromatic heterocycles. The number of aryl methyl sites for hydroxylation is 1. The minimum atomic E-state index is -4.74. The van der Waals surface area contributed by atoms with Crippen LogP contribution >= 0.6 is 23.2 Å². The van der Waals surface area contributed by atoms with E-state index >= 15 is 0 Å². The Bertz CT molecular complexity index is 687. The minimum Gasteiger partial charge on any atom is -0.475 e. The second-order valence-corrected chi connectivity index (χ2v) is 6.66. The molecule has 2 rings (SSSR count). The Balaban J connectivity index is 2.41. The molecule has 0 N–H and O–H groups in total. The van der Waals surface area contributed by atoms with Crippen LogP contribution in [0, 0.1) is 0 Å². The molecular weight excluding hydrogens is 392 g/mol. The lowest BCUT2D eigenvalue weighted by molar-refractivity contribution is -0.188. The molecule has 0 aliphatic carbocycles. The summed E-state index contributed by atoms with van der Waals surface area (Å²) >= 11 is 11.7. The number of fused-ring (bicyclic) bond motifs is 1. The van der Waals surface area contributed by atoms with Crippen LogP contribution in [-0.4, -0.2) is 30.7 Å². The Labute approximate surface area is 160 Å². The predicted molar refractivity (Wildman–Crippen MR) is 94.8 cm³/mol. The van der Waals surface area contributed by atoms with Gasteiger partial charge in [-0.25, -0.2) is 4.79 Å². The van der Waals surface area contributed by atoms with Crippen molar-refractivity contribution in [2.24, 2.45) is 0 Å². The molecule has 8 heteroatoms. The normalized spacial score (nSPS) is 16.5. The van der Waals surface area contributed by atoms with Gasteiger partial charge in [0.15, 0.2) is 0 Å². The summed E-state index contributed by atoms with van der Waals surface area (Å²) in [6, 6.07) is 3.07. The van der Waals surface area contributed by atoms with Crippen molar-refractivity contribution in [2.45, 2.75) is 44.9 Å². The van der Waals surface area contributed by atoms with Gasteiger partial charge in [0, 0.05) is 16.5 Å². The Kier molecular flexibility index (Phi) is 7.24. The second kappa shape index (κ2) is 9.00. The highest BCUT2D eigenvalue weighted by atomic mass is 35.5. The number of rotatable bonds is 7. The van der Waals surface area contributed by atoms with E-state index in [1.807, 2.05) is 0 Å². The number of esters is 1. The highest BCUT2D eigenvalue weighted by molar-refractivity contribution is 6.31. The van der Waals surface area contributed by atoms with Crippen LogP contribution in [0.25, 0.3) is 6.08 Å². The van der Waals surface area contributed by atoms with Crippen LogP contribution in [-0.2, 0) is 16.0 Å². The molecule has 1 heterocycles. The summed E-state index contributed by atoms with van der Waals surface area (Å²) in [6.07, 6.45) is -3.03. The van der Waals surface area contributed by atoms with Crippen LogP contribution in [0.4, 0.5) is 13.2 Å². The van der Waals surface area contributed by atoms with Gasteiger partial charge in [0.2, 0.25) is 6.10 Å². The number of alkyl halides is 4. The predicted octanol–water partition coefficient (Wildman–Crippen LogP) is 5.56. The molecule has 1 unspecified atom stereocenters. The molecule has 0 bridgehead atoms. The average Bonchev–Trinajstić information content (AvgIpc) is 2.56. The number of carbonyl (C=O) groups is 1. The largest absolute Gasteiger partial charge is 0.475 e. The molecule has 26 heavy (non-hydrogen) atoms. The molecule has 0 saturated heterocycles. The Morgan fingerprint density at radius 2 is 2.00 bits per heavy atom. The number of carbonyl (C=O) groups excluding carboxylic acids is 1. The first-order chi connectivity index (χ1) is 12.3. The van der Waals surface area contributed by atoms with Crippen molar-refractivity contribution in [3.8, 4) is 5.75 Å². The Hall–Kier alpha value is -1.40. The van der Waals surface area contributed by atoms with Gasteiger partial charge in [-0.2, -0.15) is 13.2 Å². The summed E-state index contributed by atoms with van der Waals surface area (Å²) < 4.78 is 50.3. The molecule has 1 aliphatic rings. The molecule has 0 fully saturated rings. The van der Waals surface area contributed by atoms with E-state index in [1.165, 1.54) is 13.0 Å². The standard InChI is InChI=1S/C18H19Cl2F3O3/c1-2-25-17(24)14-10-12-9-13(20)8-11(6-4-3-5-7-19)15(12)26-16(14)18(21,22)23/h8-10,16H,2-7H2,1H3. The maximum absolute atomic E-state index is 13.4. The molecular formula is C18H19Cl2F3O3. The van der Waals surface area contributed by atoms with Crippen molar-refractivity contribution >= 4 is 35.2 Å². The van der Waals surface area contributed by atoms with E-state index in [1.54, 1.807) is 6.07 Å². The van der Waals surface area contributed by atoms with Gasteiger partial charge in [0.25, 0.3) is 0 Å². The van der Waals surface area contributed by atoms with Gasteiger partial charge in [0.05, 0.1) is 12.2 Å². The summed E-state index contributed by atoms with van der Waals surface area (Å²) in [6.45, 7) is 1.49. The average molecular weight is 411 g/mol. The summed E-state index contributed by atoms with van der Waals surface area (Å²) in [5.74, 6) is -0.411. The molecule has 0 saturated carbocycles. The summed E-state index contributed by atoms with van der Waals surface area (Å²) in [7, 11) is 0. The lowest BCUT2D eigenvalue weighted by Crippen LogP contribution is -2.41. The number of ether oxygens (including phenoxy) is 2. The quantitative estimate of drug-likeness (QED) is 0.335. The summed E-state index contributed by atoms with van der Waals surface area (Å²) in [5, 5.41) is 0.365. The number of hydrogen-bond acceptors (Lipinski definition) is 3. The lowest BCUT2D eigenvalue weighted by Gasteiger charge is -2.29. The molecule has 0 radical (unpaired) electrons. The van der Waals surface area contributed by atoms with Gasteiger partial charge in [-0.05, 0) is 50.0 Å². The second-order valence-electron chi connectivity index (χ2n) is 5.84. The monoisotopic (exact) mass is 410 g/mol. The van der Waals surface area contributed by atoms with Crippen molar-refractivity contribution in [3.05, 3.63) is 33.9 Å². The first kappa shape index (κ1) is 20.9. The third kappa shape index (κ3) is 5.07. The third-order valence-electron chi connectivity index (χ3n) is 3.88. The van der Waals surface area contributed by atoms with Gasteiger partial charge in [-0.1, -0.05) is 18.0 Å². The summed E-state index contributed by atoms with van der Waals surface area (Å²) in [4.78, 5) is 12.0. The van der Waals surface area contributed by atoms with Crippen LogP contribution in [0.15, 0.2) is 17.7 Å². The highest BCUT2D eigenvalue weighted by Crippen LogP contribution is 2.41. The van der Waals surface area contributed by atoms with Gasteiger partial charge >= 0.3 is 12.1 Å². The molecule has 1 aromatic carbocycles. The van der Waals surface area contributed by atoms with Gasteiger partial charge in [-0.3, -0.25) is 0 Å². The highest BCUT2D eigenvalue weighted by Gasteiger charge is 2.49. The van der Waals surface area contributed by atoms with Crippen LogP contribution in [0.3, 0.4) is 0 Å². The number of halogens is 5. The van der Waals surface area contributed by atoms with E-state index in [2.05, 4.69) is 0 Å². The minimum absolute atomic E-state index is 0.0328. The van der Waals surface area contributed by atoms with E-state index in [9.17, 15) is 18.0 Å². The fourth-order valence-corrected chi connectivity index (χ4v) is 3.18. The Morgan fingerprint density at radius 1 is 1.27 bits per heavy atom. The maximum atomic E-state index is 13.4. The fourth-order valence-electron chi connectivity index (χ4n) is 2.74. The zero-order valence-electron chi connectivity index (χ0n) is 14.2. The van der Waals surface area contributed by atoms with E-state index in [0.717, 1.165) is 25.3 Å². The zero-order valence-corrected chi connectivity index (χ0v) is 15.7. The molecule has 1 atom stereocenters. The number of hydrogen-bond donors (Lipinski definition) is 0. The van der Waals surface area contributed by atoms with E-state index in [4.69, 9.17) is 32.7 Å². The first-order valence-electron chi connectivity index (χ1n) is 8.28. The molecule has 144 valence electrons. The van der Waals surface area contributed by atoms with Crippen molar-refractivity contribution in [3.63, 3.8) is 0 Å². The fraction of sp³-hybridized carbons (Fsp3) is 0.500. The van der Waals surface area contributed by atoms with Crippen LogP contribution < -0.4 is 4.74 Å². The summed E-state index contributed by atoms with van der Waals surface area (Å²) in [5.41, 5.74) is 0.339. The SMILES string of the molecule is CCOC(=O)C1=Cc2cc(Cl)cc(CCCCCCl)c2OC1C(F)(F)F. The number of unbranched alkanes of at least 4 members (excludes halogenated alkanes) is 2. The third-order valence-corrected chi connectivity index (χ3v) is 4.36. The van der Waals surface area contributed by atoms with Crippen molar-refractivity contribution in [2.75, 3.05) is 12.5 Å². The van der Waals surface area contributed by atoms with Gasteiger partial charge in [0.1, 0.15) is 5.75 Å². The first-order valence-corrected chi connectivity index (χ1v) is 9.19. The maximum Gasteiger partial charge on any atom is 0.430 e. The zero-order chi connectivity index (χ0) is 19.3. The number of benzene rings is 1.